The molecule has 0 saturated heterocycles. The van der Waals surface area contributed by atoms with Gasteiger partial charge in [0.25, 0.3) is 0 Å². The third kappa shape index (κ3) is 3.71. The van der Waals surface area contributed by atoms with Crippen molar-refractivity contribution in [1.29, 1.82) is 0 Å². The number of benzene rings is 3. The lowest BCUT2D eigenvalue weighted by Crippen LogP contribution is -2.22. The van der Waals surface area contributed by atoms with Crippen molar-refractivity contribution in [3.8, 4) is 5.75 Å². The zero-order valence-corrected chi connectivity index (χ0v) is 14.5. The van der Waals surface area contributed by atoms with E-state index in [1.54, 1.807) is 7.11 Å². The molecule has 1 amide bonds. The van der Waals surface area contributed by atoms with E-state index >= 15 is 0 Å². The number of hydrogen-bond acceptors (Lipinski definition) is 3. The van der Waals surface area contributed by atoms with E-state index in [4.69, 9.17) is 4.74 Å². The molecule has 3 aromatic rings. The fourth-order valence-electron chi connectivity index (χ4n) is 2.48. The molecule has 122 valence electrons. The molecule has 0 saturated carbocycles. The van der Waals surface area contributed by atoms with Crippen LogP contribution in [0.5, 0.6) is 5.75 Å². The summed E-state index contributed by atoms with van der Waals surface area (Å²) in [6.45, 7) is 1.91. The van der Waals surface area contributed by atoms with Crippen LogP contribution in [0.4, 0.5) is 5.69 Å². The van der Waals surface area contributed by atoms with Crippen molar-refractivity contribution in [2.45, 2.75) is 17.1 Å². The van der Waals surface area contributed by atoms with Gasteiger partial charge in [0, 0.05) is 16.0 Å². The SMILES string of the molecule is COc1ccc(S[C@@H](C)C(=O)Nc2cccc3ccccc23)cc1. The van der Waals surface area contributed by atoms with Crippen molar-refractivity contribution in [3.05, 3.63) is 66.7 Å². The molecule has 4 heteroatoms. The average molecular weight is 337 g/mol. The number of carbonyl (C=O) groups excluding carboxylic acids is 1. The van der Waals surface area contributed by atoms with Crippen LogP contribution in [0, 0.1) is 0 Å². The second-order valence-electron chi connectivity index (χ2n) is 5.45. The number of carbonyl (C=O) groups is 1. The summed E-state index contributed by atoms with van der Waals surface area (Å²) in [4.78, 5) is 13.6. The number of fused-ring (bicyclic) bond motifs is 1. The van der Waals surface area contributed by atoms with Gasteiger partial charge in [-0.15, -0.1) is 11.8 Å². The molecule has 3 aromatic carbocycles. The summed E-state index contributed by atoms with van der Waals surface area (Å²) in [5, 5.41) is 5.01. The predicted octanol–water partition coefficient (Wildman–Crippen LogP) is 4.97. The van der Waals surface area contributed by atoms with Crippen molar-refractivity contribution in [2.75, 3.05) is 12.4 Å². The quantitative estimate of drug-likeness (QED) is 0.668. The van der Waals surface area contributed by atoms with Crippen molar-refractivity contribution >= 4 is 34.1 Å². The van der Waals surface area contributed by atoms with E-state index in [1.165, 1.54) is 11.8 Å². The van der Waals surface area contributed by atoms with Crippen LogP contribution in [-0.2, 0) is 4.79 Å². The molecular formula is C20H19NO2S. The van der Waals surface area contributed by atoms with Crippen LogP contribution in [0.1, 0.15) is 6.92 Å². The van der Waals surface area contributed by atoms with Gasteiger partial charge in [-0.25, -0.2) is 0 Å². The van der Waals surface area contributed by atoms with Crippen LogP contribution in [0.15, 0.2) is 71.6 Å². The van der Waals surface area contributed by atoms with Gasteiger partial charge in [0.1, 0.15) is 5.75 Å². The molecule has 0 fully saturated rings. The van der Waals surface area contributed by atoms with E-state index in [0.717, 1.165) is 27.1 Å². The minimum absolute atomic E-state index is 0.00725. The Morgan fingerprint density at radius 3 is 2.46 bits per heavy atom. The highest BCUT2D eigenvalue weighted by Crippen LogP contribution is 2.28. The first-order chi connectivity index (χ1) is 11.7. The van der Waals surface area contributed by atoms with E-state index in [1.807, 2.05) is 73.7 Å². The number of anilines is 1. The van der Waals surface area contributed by atoms with Crippen LogP contribution < -0.4 is 10.1 Å². The van der Waals surface area contributed by atoms with E-state index in [0.29, 0.717) is 0 Å². The number of methoxy groups -OCH3 is 1. The Kier molecular flexibility index (Phi) is 5.06. The van der Waals surface area contributed by atoms with Crippen LogP contribution in [0.3, 0.4) is 0 Å². The Hall–Kier alpha value is -2.46. The first kappa shape index (κ1) is 16.4. The average Bonchev–Trinajstić information content (AvgIpc) is 2.62. The largest absolute Gasteiger partial charge is 0.497 e. The number of hydrogen-bond donors (Lipinski definition) is 1. The van der Waals surface area contributed by atoms with Gasteiger partial charge in [-0.3, -0.25) is 4.79 Å². The minimum Gasteiger partial charge on any atom is -0.497 e. The molecule has 0 unspecified atom stereocenters. The molecule has 0 spiro atoms. The molecule has 3 nitrogen and oxygen atoms in total. The molecule has 24 heavy (non-hydrogen) atoms. The molecule has 0 radical (unpaired) electrons. The Morgan fingerprint density at radius 2 is 1.71 bits per heavy atom. The summed E-state index contributed by atoms with van der Waals surface area (Å²) in [6.07, 6.45) is 0. The van der Waals surface area contributed by atoms with Gasteiger partial charge >= 0.3 is 0 Å². The molecule has 3 rings (SSSR count). The van der Waals surface area contributed by atoms with Crippen molar-refractivity contribution in [2.24, 2.45) is 0 Å². The maximum atomic E-state index is 12.5. The normalized spacial score (nSPS) is 11.9. The lowest BCUT2D eigenvalue weighted by molar-refractivity contribution is -0.115. The van der Waals surface area contributed by atoms with Gasteiger partial charge in [0.05, 0.1) is 12.4 Å². The van der Waals surface area contributed by atoms with Gasteiger partial charge in [-0.2, -0.15) is 0 Å². The second-order valence-corrected chi connectivity index (χ2v) is 6.87. The third-order valence-corrected chi connectivity index (χ3v) is 4.90. The third-order valence-electron chi connectivity index (χ3n) is 3.79. The lowest BCUT2D eigenvalue weighted by Gasteiger charge is -2.14. The summed E-state index contributed by atoms with van der Waals surface area (Å²) < 4.78 is 5.15. The molecular weight excluding hydrogens is 318 g/mol. The first-order valence-electron chi connectivity index (χ1n) is 7.77. The van der Waals surface area contributed by atoms with Crippen LogP contribution in [0.2, 0.25) is 0 Å². The summed E-state index contributed by atoms with van der Waals surface area (Å²) in [7, 11) is 1.64. The predicted molar refractivity (Wildman–Crippen MR) is 101 cm³/mol. The molecule has 0 aliphatic rings. The van der Waals surface area contributed by atoms with Gasteiger partial charge in [0.2, 0.25) is 5.91 Å². The number of amides is 1. The van der Waals surface area contributed by atoms with Crippen LogP contribution in [0.25, 0.3) is 10.8 Å². The Labute approximate surface area is 146 Å². The van der Waals surface area contributed by atoms with E-state index in [9.17, 15) is 4.79 Å². The standard InChI is InChI=1S/C20H19NO2S/c1-14(24-17-12-10-16(23-2)11-13-17)20(22)21-19-9-5-7-15-6-3-4-8-18(15)19/h3-14H,1-2H3,(H,21,22)/t14-/m0/s1. The topological polar surface area (TPSA) is 38.3 Å². The molecule has 0 aliphatic carbocycles. The molecule has 0 aliphatic heterocycles. The molecule has 0 bridgehead atoms. The summed E-state index contributed by atoms with van der Waals surface area (Å²) in [5.41, 5.74) is 0.847. The fraction of sp³-hybridized carbons (Fsp3) is 0.150. The smallest absolute Gasteiger partial charge is 0.237 e. The number of nitrogens with one attached hydrogen (secondary N) is 1. The minimum atomic E-state index is -0.197. The van der Waals surface area contributed by atoms with Gasteiger partial charge in [0.15, 0.2) is 0 Å². The summed E-state index contributed by atoms with van der Waals surface area (Å²) in [6, 6.07) is 21.7. The molecule has 0 aromatic heterocycles. The van der Waals surface area contributed by atoms with Crippen molar-refractivity contribution in [3.63, 3.8) is 0 Å². The zero-order chi connectivity index (χ0) is 16.9. The maximum Gasteiger partial charge on any atom is 0.237 e. The van der Waals surface area contributed by atoms with Gasteiger partial charge in [-0.05, 0) is 42.6 Å². The highest BCUT2D eigenvalue weighted by Gasteiger charge is 2.15. The number of ether oxygens (including phenoxy) is 1. The Balaban J connectivity index is 1.71. The Bertz CT molecular complexity index is 840. The van der Waals surface area contributed by atoms with Gasteiger partial charge < -0.3 is 10.1 Å². The lowest BCUT2D eigenvalue weighted by atomic mass is 10.1. The van der Waals surface area contributed by atoms with Gasteiger partial charge in [-0.1, -0.05) is 36.4 Å². The zero-order valence-electron chi connectivity index (χ0n) is 13.7. The van der Waals surface area contributed by atoms with Crippen molar-refractivity contribution in [1.82, 2.24) is 0 Å². The first-order valence-corrected chi connectivity index (χ1v) is 8.64. The van der Waals surface area contributed by atoms with Crippen LogP contribution in [-0.4, -0.2) is 18.3 Å². The highest BCUT2D eigenvalue weighted by atomic mass is 32.2. The molecule has 1 atom stereocenters. The van der Waals surface area contributed by atoms with Crippen LogP contribution >= 0.6 is 11.8 Å². The highest BCUT2D eigenvalue weighted by molar-refractivity contribution is 8.00. The fourth-order valence-corrected chi connectivity index (χ4v) is 3.35. The maximum absolute atomic E-state index is 12.5. The molecule has 0 heterocycles. The summed E-state index contributed by atoms with van der Waals surface area (Å²) >= 11 is 1.53. The number of rotatable bonds is 5. The van der Waals surface area contributed by atoms with E-state index < -0.39 is 0 Å². The molecule has 1 N–H and O–H groups in total. The Morgan fingerprint density at radius 1 is 1.00 bits per heavy atom. The summed E-state index contributed by atoms with van der Waals surface area (Å²) in [5.74, 6) is 0.805. The monoisotopic (exact) mass is 337 g/mol. The van der Waals surface area contributed by atoms with E-state index in [-0.39, 0.29) is 11.2 Å². The van der Waals surface area contributed by atoms with E-state index in [2.05, 4.69) is 5.32 Å². The van der Waals surface area contributed by atoms with Crippen molar-refractivity contribution < 1.29 is 9.53 Å². The second kappa shape index (κ2) is 7.41. The number of thioether (sulfide) groups is 1.